The van der Waals surface area contributed by atoms with Gasteiger partial charge in [0.15, 0.2) is 23.3 Å². The van der Waals surface area contributed by atoms with Crippen LogP contribution in [0.15, 0.2) is 10.6 Å². The third kappa shape index (κ3) is 2.39. The van der Waals surface area contributed by atoms with Crippen molar-refractivity contribution in [1.29, 1.82) is 0 Å². The molecule has 1 heterocycles. The van der Waals surface area contributed by atoms with Crippen molar-refractivity contribution in [2.45, 2.75) is 6.92 Å². The van der Waals surface area contributed by atoms with Crippen LogP contribution >= 0.6 is 0 Å². The largest absolute Gasteiger partial charge is 0.332 e. The van der Waals surface area contributed by atoms with Gasteiger partial charge in [0, 0.05) is 6.92 Å². The van der Waals surface area contributed by atoms with Crippen molar-refractivity contribution < 1.29 is 26.9 Å². The van der Waals surface area contributed by atoms with Crippen molar-refractivity contribution in [3.63, 3.8) is 0 Å². The molecule has 0 radical (unpaired) electrons. The molecule has 1 aromatic carbocycles. The number of benzene rings is 1. The molecule has 0 fully saturated rings. The SMILES string of the molecule is CC(=O)Nc1noc(-c2cc(F)c(F)c(F)c2F)n1. The van der Waals surface area contributed by atoms with Crippen molar-refractivity contribution >= 4 is 11.9 Å². The first-order valence-electron chi connectivity index (χ1n) is 4.84. The Morgan fingerprint density at radius 2 is 1.89 bits per heavy atom. The molecule has 0 aliphatic carbocycles. The van der Waals surface area contributed by atoms with E-state index in [1.807, 2.05) is 0 Å². The zero-order chi connectivity index (χ0) is 14.2. The van der Waals surface area contributed by atoms with Crippen molar-refractivity contribution in [3.05, 3.63) is 29.3 Å². The van der Waals surface area contributed by atoms with Crippen molar-refractivity contribution in [2.75, 3.05) is 5.32 Å². The minimum atomic E-state index is -1.99. The topological polar surface area (TPSA) is 68.0 Å². The van der Waals surface area contributed by atoms with Crippen LogP contribution in [-0.2, 0) is 4.79 Å². The maximum absolute atomic E-state index is 13.4. The second kappa shape index (κ2) is 4.67. The molecule has 5 nitrogen and oxygen atoms in total. The van der Waals surface area contributed by atoms with Gasteiger partial charge in [0.2, 0.25) is 5.91 Å². The summed E-state index contributed by atoms with van der Waals surface area (Å²) in [7, 11) is 0. The molecule has 0 bridgehead atoms. The van der Waals surface area contributed by atoms with Gasteiger partial charge < -0.3 is 4.52 Å². The summed E-state index contributed by atoms with van der Waals surface area (Å²) >= 11 is 0. The predicted molar refractivity (Wildman–Crippen MR) is 53.9 cm³/mol. The molecule has 2 rings (SSSR count). The summed E-state index contributed by atoms with van der Waals surface area (Å²) in [6.07, 6.45) is 0. The molecule has 19 heavy (non-hydrogen) atoms. The van der Waals surface area contributed by atoms with E-state index in [0.717, 1.165) is 6.92 Å². The van der Waals surface area contributed by atoms with Crippen LogP contribution in [0.25, 0.3) is 11.5 Å². The molecule has 1 amide bonds. The fourth-order valence-corrected chi connectivity index (χ4v) is 1.27. The fourth-order valence-electron chi connectivity index (χ4n) is 1.27. The van der Waals surface area contributed by atoms with Gasteiger partial charge in [0.1, 0.15) is 0 Å². The number of hydrogen-bond acceptors (Lipinski definition) is 4. The Hall–Kier alpha value is -2.45. The van der Waals surface area contributed by atoms with E-state index < -0.39 is 40.6 Å². The number of nitrogens with one attached hydrogen (secondary N) is 1. The summed E-state index contributed by atoms with van der Waals surface area (Å²) in [4.78, 5) is 14.2. The van der Waals surface area contributed by atoms with Crippen LogP contribution in [0.4, 0.5) is 23.5 Å². The third-order valence-electron chi connectivity index (χ3n) is 2.05. The smallest absolute Gasteiger partial charge is 0.270 e. The average Bonchev–Trinajstić information content (AvgIpc) is 2.78. The van der Waals surface area contributed by atoms with E-state index in [0.29, 0.717) is 6.07 Å². The van der Waals surface area contributed by atoms with Crippen LogP contribution in [-0.4, -0.2) is 16.0 Å². The van der Waals surface area contributed by atoms with Crippen LogP contribution in [0.2, 0.25) is 0 Å². The lowest BCUT2D eigenvalue weighted by atomic mass is 10.2. The number of carbonyl (C=O) groups is 1. The molecule has 0 spiro atoms. The molecule has 100 valence electrons. The second-order valence-electron chi connectivity index (χ2n) is 3.45. The van der Waals surface area contributed by atoms with Gasteiger partial charge in [-0.15, -0.1) is 0 Å². The molecule has 0 unspecified atom stereocenters. The lowest BCUT2D eigenvalue weighted by Crippen LogP contribution is -2.07. The fraction of sp³-hybridized carbons (Fsp3) is 0.100. The van der Waals surface area contributed by atoms with Gasteiger partial charge >= 0.3 is 0 Å². The number of hydrogen-bond donors (Lipinski definition) is 1. The number of carbonyl (C=O) groups excluding carboxylic acids is 1. The summed E-state index contributed by atoms with van der Waals surface area (Å²) in [5.74, 6) is -8.64. The first-order valence-corrected chi connectivity index (χ1v) is 4.84. The Kier molecular flexibility index (Phi) is 3.19. The first-order chi connectivity index (χ1) is 8.90. The Morgan fingerprint density at radius 1 is 1.21 bits per heavy atom. The molecule has 2 aromatic rings. The predicted octanol–water partition coefficient (Wildman–Crippen LogP) is 2.25. The minimum absolute atomic E-state index is 0.313. The van der Waals surface area contributed by atoms with E-state index >= 15 is 0 Å². The van der Waals surface area contributed by atoms with Crippen LogP contribution < -0.4 is 5.32 Å². The molecule has 0 atom stereocenters. The molecule has 1 N–H and O–H groups in total. The van der Waals surface area contributed by atoms with Gasteiger partial charge in [-0.25, -0.2) is 17.6 Å². The molecule has 9 heteroatoms. The Balaban J connectivity index is 2.47. The zero-order valence-electron chi connectivity index (χ0n) is 9.30. The first kappa shape index (κ1) is 13.0. The lowest BCUT2D eigenvalue weighted by Gasteiger charge is -2.01. The monoisotopic (exact) mass is 275 g/mol. The summed E-state index contributed by atoms with van der Waals surface area (Å²) < 4.78 is 56.7. The Bertz CT molecular complexity index is 656. The number of halogens is 4. The zero-order valence-corrected chi connectivity index (χ0v) is 9.30. The number of rotatable bonds is 2. The molecular formula is C10H5F4N3O2. The van der Waals surface area contributed by atoms with Crippen molar-refractivity contribution in [3.8, 4) is 11.5 Å². The van der Waals surface area contributed by atoms with Crippen LogP contribution in [0.5, 0.6) is 0 Å². The molecule has 1 aromatic heterocycles. The van der Waals surface area contributed by atoms with Gasteiger partial charge in [-0.05, 0) is 11.2 Å². The van der Waals surface area contributed by atoms with Gasteiger partial charge in [0.25, 0.3) is 11.8 Å². The summed E-state index contributed by atoms with van der Waals surface area (Å²) in [5.41, 5.74) is -0.750. The third-order valence-corrected chi connectivity index (χ3v) is 2.05. The van der Waals surface area contributed by atoms with E-state index in [4.69, 9.17) is 0 Å². The molecular weight excluding hydrogens is 270 g/mol. The quantitative estimate of drug-likeness (QED) is 0.518. The number of nitrogens with zero attached hydrogens (tertiary/aromatic N) is 2. The van der Waals surface area contributed by atoms with Gasteiger partial charge in [-0.1, -0.05) is 0 Å². The normalized spacial score (nSPS) is 10.6. The van der Waals surface area contributed by atoms with Crippen molar-refractivity contribution in [1.82, 2.24) is 10.1 Å². The highest BCUT2D eigenvalue weighted by atomic mass is 19.2. The van der Waals surface area contributed by atoms with E-state index in [1.54, 1.807) is 0 Å². The summed E-state index contributed by atoms with van der Waals surface area (Å²) in [5, 5.41) is 5.35. The highest BCUT2D eigenvalue weighted by molar-refractivity contribution is 5.86. The van der Waals surface area contributed by atoms with E-state index in [1.165, 1.54) is 0 Å². The van der Waals surface area contributed by atoms with Crippen molar-refractivity contribution in [2.24, 2.45) is 0 Å². The number of amides is 1. The molecule has 0 aliphatic heterocycles. The van der Waals surface area contributed by atoms with Crippen LogP contribution in [0.1, 0.15) is 6.92 Å². The second-order valence-corrected chi connectivity index (χ2v) is 3.45. The number of anilines is 1. The lowest BCUT2D eigenvalue weighted by molar-refractivity contribution is -0.114. The van der Waals surface area contributed by atoms with E-state index in [-0.39, 0.29) is 5.95 Å². The molecule has 0 aliphatic rings. The van der Waals surface area contributed by atoms with E-state index in [2.05, 4.69) is 20.0 Å². The Morgan fingerprint density at radius 3 is 2.53 bits per heavy atom. The highest BCUT2D eigenvalue weighted by Crippen LogP contribution is 2.27. The summed E-state index contributed by atoms with van der Waals surface area (Å²) in [6, 6.07) is 0.374. The Labute approximate surface area is 103 Å². The average molecular weight is 275 g/mol. The highest BCUT2D eigenvalue weighted by Gasteiger charge is 2.23. The van der Waals surface area contributed by atoms with Crippen LogP contribution in [0, 0.1) is 23.3 Å². The minimum Gasteiger partial charge on any atom is -0.332 e. The van der Waals surface area contributed by atoms with Gasteiger partial charge in [-0.2, -0.15) is 4.98 Å². The van der Waals surface area contributed by atoms with Gasteiger partial charge in [0.05, 0.1) is 5.56 Å². The maximum atomic E-state index is 13.4. The molecule has 0 saturated heterocycles. The standard InChI is InChI=1S/C10H5F4N3O2/c1-3(18)15-10-16-9(19-17-10)4-2-5(11)7(13)8(14)6(4)12/h2H,1H3,(H,15,17,18). The van der Waals surface area contributed by atoms with E-state index in [9.17, 15) is 22.4 Å². The maximum Gasteiger partial charge on any atom is 0.270 e. The summed E-state index contributed by atoms with van der Waals surface area (Å²) in [6.45, 7) is 1.16. The number of aromatic nitrogens is 2. The molecule has 0 saturated carbocycles. The van der Waals surface area contributed by atoms with Crippen LogP contribution in [0.3, 0.4) is 0 Å². The van der Waals surface area contributed by atoms with Gasteiger partial charge in [-0.3, -0.25) is 10.1 Å².